The second kappa shape index (κ2) is 10.4. The number of carbonyl (C=O) groups is 2. The summed E-state index contributed by atoms with van der Waals surface area (Å²) in [5.74, 6) is -1.27. The van der Waals surface area contributed by atoms with Crippen LogP contribution in [0.15, 0.2) is 71.6 Å². The van der Waals surface area contributed by atoms with Gasteiger partial charge in [0.2, 0.25) is 0 Å². The zero-order valence-electron chi connectivity index (χ0n) is 20.5. The highest BCUT2D eigenvalue weighted by Gasteiger charge is 2.59. The molecule has 1 fully saturated rings. The van der Waals surface area contributed by atoms with E-state index in [-0.39, 0.29) is 32.9 Å². The van der Waals surface area contributed by atoms with Crippen molar-refractivity contribution in [2.24, 2.45) is 0 Å². The summed E-state index contributed by atoms with van der Waals surface area (Å²) >= 11 is 3.23. The van der Waals surface area contributed by atoms with Crippen molar-refractivity contribution in [1.29, 1.82) is 5.26 Å². The summed E-state index contributed by atoms with van der Waals surface area (Å²) in [6.45, 7) is 0.794. The second-order valence-electron chi connectivity index (χ2n) is 8.96. The van der Waals surface area contributed by atoms with E-state index in [0.717, 1.165) is 0 Å². The molecule has 2 N–H and O–H groups in total. The lowest BCUT2D eigenvalue weighted by Crippen LogP contribution is -2.44. The van der Waals surface area contributed by atoms with E-state index in [4.69, 9.17) is 19.9 Å². The van der Waals surface area contributed by atoms with Crippen molar-refractivity contribution in [1.82, 2.24) is 14.5 Å². The minimum absolute atomic E-state index is 0.0231. The maximum absolute atomic E-state index is 16.7. The highest BCUT2D eigenvalue weighted by molar-refractivity contribution is 9.10. The van der Waals surface area contributed by atoms with Crippen LogP contribution in [-0.2, 0) is 14.2 Å². The second-order valence-corrected chi connectivity index (χ2v) is 9.71. The Balaban J connectivity index is 1.49. The molecule has 3 aliphatic heterocycles. The van der Waals surface area contributed by atoms with Crippen molar-refractivity contribution < 1.29 is 28.2 Å². The number of nitrogens with zero attached hydrogens (tertiary/aromatic N) is 4. The van der Waals surface area contributed by atoms with E-state index in [9.17, 15) is 14.9 Å². The van der Waals surface area contributed by atoms with Crippen molar-refractivity contribution in [2.45, 2.75) is 31.0 Å². The third-order valence-corrected chi connectivity index (χ3v) is 6.96. The minimum Gasteiger partial charge on any atom is -0.459 e. The van der Waals surface area contributed by atoms with Gasteiger partial charge in [0.15, 0.2) is 18.0 Å². The number of hydrogen-bond donors (Lipinski definition) is 1. The molecule has 0 amide bonds. The summed E-state index contributed by atoms with van der Waals surface area (Å²) in [6, 6.07) is 18.4. The number of aromatic nitrogens is 3. The molecule has 10 nitrogen and oxygen atoms in total. The van der Waals surface area contributed by atoms with Crippen LogP contribution in [0.2, 0.25) is 0 Å². The van der Waals surface area contributed by atoms with Crippen LogP contribution in [0.25, 0.3) is 11.4 Å². The van der Waals surface area contributed by atoms with Gasteiger partial charge in [-0.1, -0.05) is 36.4 Å². The smallest absolute Gasteiger partial charge is 0.338 e. The van der Waals surface area contributed by atoms with Crippen molar-refractivity contribution in [3.63, 3.8) is 0 Å². The highest BCUT2D eigenvalue weighted by atomic mass is 79.9. The molecule has 5 rings (SSSR count). The number of halogens is 2. The molecule has 0 bridgehead atoms. The monoisotopic (exact) mass is 593 g/mol. The van der Waals surface area contributed by atoms with Crippen LogP contribution in [0.3, 0.4) is 0 Å². The Labute approximate surface area is 230 Å². The molecule has 2 aromatic rings. The van der Waals surface area contributed by atoms with E-state index in [0.29, 0.717) is 5.56 Å². The summed E-state index contributed by atoms with van der Waals surface area (Å²) in [5, 5.41) is 9.57. The van der Waals surface area contributed by atoms with Gasteiger partial charge in [0.1, 0.15) is 41.4 Å². The molecule has 12 heteroatoms. The zero-order chi connectivity index (χ0) is 27.7. The molecule has 0 aromatic heterocycles. The average Bonchev–Trinajstić information content (AvgIpc) is 3.41. The molecule has 3 heterocycles. The SMILES string of the molecule is CC1(F)C(OC(=O)c2ccccc2)C(COC(=O)c2ccccc2)OC1n1cnc(N)c2c(C#N)c(Br)nc1-2. The molecule has 0 saturated carbocycles. The van der Waals surface area contributed by atoms with Gasteiger partial charge >= 0.3 is 11.9 Å². The number of nitriles is 1. The first kappa shape index (κ1) is 26.3. The van der Waals surface area contributed by atoms with Gasteiger partial charge in [-0.3, -0.25) is 4.57 Å². The van der Waals surface area contributed by atoms with Crippen LogP contribution in [0.1, 0.15) is 39.4 Å². The van der Waals surface area contributed by atoms with Gasteiger partial charge in [0.05, 0.1) is 22.3 Å². The van der Waals surface area contributed by atoms with Gasteiger partial charge in [-0.25, -0.2) is 23.9 Å². The first-order chi connectivity index (χ1) is 18.7. The third-order valence-electron chi connectivity index (χ3n) is 6.38. The standard InChI is InChI=1S/C27H21BrFN5O5/c1-27(29)20(39-25(36)16-10-6-3-7-11-16)18(13-37-24(35)15-8-4-2-5-9-15)38-26(27)34-14-32-22(31)19-17(12-30)21(28)33-23(19)34/h2-11,14,18,20,26H,13,31H2,1H3. The Bertz CT molecular complexity index is 1540. The number of esters is 2. The molecule has 198 valence electrons. The summed E-state index contributed by atoms with van der Waals surface area (Å²) in [4.78, 5) is 34.0. The lowest BCUT2D eigenvalue weighted by atomic mass is 9.97. The Hall–Kier alpha value is -4.34. The quantitative estimate of drug-likeness (QED) is 0.323. The Morgan fingerprint density at radius 3 is 2.38 bits per heavy atom. The number of ether oxygens (including phenoxy) is 3. The maximum atomic E-state index is 16.7. The molecule has 39 heavy (non-hydrogen) atoms. The molecule has 0 radical (unpaired) electrons. The number of fused-ring (bicyclic) bond motifs is 1. The van der Waals surface area contributed by atoms with Gasteiger partial charge in [-0.2, -0.15) is 5.26 Å². The first-order valence-electron chi connectivity index (χ1n) is 11.8. The largest absolute Gasteiger partial charge is 0.459 e. The lowest BCUT2D eigenvalue weighted by Gasteiger charge is -2.29. The van der Waals surface area contributed by atoms with Crippen LogP contribution < -0.4 is 5.73 Å². The summed E-state index contributed by atoms with van der Waals surface area (Å²) in [7, 11) is 0. The van der Waals surface area contributed by atoms with Gasteiger partial charge < -0.3 is 19.9 Å². The number of rotatable bonds is 6. The number of carbonyl (C=O) groups excluding carboxylic acids is 2. The predicted molar refractivity (Wildman–Crippen MR) is 139 cm³/mol. The fourth-order valence-corrected chi connectivity index (χ4v) is 4.92. The molecular formula is C27H21BrFN5O5. The number of benzene rings is 2. The van der Waals surface area contributed by atoms with Crippen LogP contribution in [0, 0.1) is 11.3 Å². The van der Waals surface area contributed by atoms with Gasteiger partial charge in [0.25, 0.3) is 0 Å². The van der Waals surface area contributed by atoms with Gasteiger partial charge in [-0.05, 0) is 47.1 Å². The van der Waals surface area contributed by atoms with E-state index < -0.39 is 42.7 Å². The number of nitrogen functional groups attached to an aromatic ring is 1. The zero-order valence-corrected chi connectivity index (χ0v) is 22.0. The fraction of sp³-hybridized carbons (Fsp3) is 0.222. The maximum Gasteiger partial charge on any atom is 0.338 e. The molecule has 1 saturated heterocycles. The van der Waals surface area contributed by atoms with Crippen LogP contribution in [0.4, 0.5) is 10.2 Å². The number of hydrogen-bond acceptors (Lipinski definition) is 9. The van der Waals surface area contributed by atoms with E-state index in [2.05, 4.69) is 25.9 Å². The van der Waals surface area contributed by atoms with Crippen molar-refractivity contribution in [2.75, 3.05) is 12.3 Å². The molecule has 0 spiro atoms. The lowest BCUT2D eigenvalue weighted by molar-refractivity contribution is -0.0628. The molecule has 0 aliphatic carbocycles. The van der Waals surface area contributed by atoms with Crippen molar-refractivity contribution >= 4 is 33.7 Å². The first-order valence-corrected chi connectivity index (χ1v) is 12.6. The number of alkyl halides is 1. The summed E-state index contributed by atoms with van der Waals surface area (Å²) in [6.07, 6.45) is -2.89. The fourth-order valence-electron chi connectivity index (χ4n) is 4.47. The van der Waals surface area contributed by atoms with Crippen LogP contribution in [0.5, 0.6) is 0 Å². The molecule has 2 aromatic carbocycles. The topological polar surface area (TPSA) is 142 Å². The Morgan fingerprint density at radius 2 is 1.77 bits per heavy atom. The van der Waals surface area contributed by atoms with E-state index in [1.165, 1.54) is 30.0 Å². The average molecular weight is 594 g/mol. The summed E-state index contributed by atoms with van der Waals surface area (Å²) < 4.78 is 35.3. The number of anilines is 1. The van der Waals surface area contributed by atoms with Crippen molar-refractivity contribution in [3.05, 3.63) is 88.3 Å². The van der Waals surface area contributed by atoms with Gasteiger partial charge in [-0.15, -0.1) is 0 Å². The Kier molecular flexibility index (Phi) is 7.03. The van der Waals surface area contributed by atoms with E-state index >= 15 is 4.39 Å². The highest BCUT2D eigenvalue weighted by Crippen LogP contribution is 2.46. The molecule has 3 aliphatic rings. The predicted octanol–water partition coefficient (Wildman–Crippen LogP) is 4.31. The van der Waals surface area contributed by atoms with E-state index in [1.807, 2.05) is 6.07 Å². The number of nitrogens with two attached hydrogens (primary N) is 1. The van der Waals surface area contributed by atoms with Crippen LogP contribution >= 0.6 is 15.9 Å². The normalized spacial score (nSPS) is 22.4. The van der Waals surface area contributed by atoms with E-state index in [1.54, 1.807) is 48.5 Å². The van der Waals surface area contributed by atoms with Gasteiger partial charge in [0, 0.05) is 0 Å². The van der Waals surface area contributed by atoms with Crippen molar-refractivity contribution in [3.8, 4) is 17.5 Å². The van der Waals surface area contributed by atoms with Crippen LogP contribution in [-0.4, -0.2) is 51.0 Å². The minimum atomic E-state index is -2.36. The molecular weight excluding hydrogens is 573 g/mol. The Morgan fingerprint density at radius 1 is 1.15 bits per heavy atom. The summed E-state index contributed by atoms with van der Waals surface area (Å²) in [5.41, 5.74) is 4.49. The third kappa shape index (κ3) is 4.82. The molecule has 4 unspecified atom stereocenters. The molecule has 4 atom stereocenters.